The molecule has 1 N–H and O–H groups in total. The Labute approximate surface area is 229 Å². The van der Waals surface area contributed by atoms with Crippen LogP contribution in [-0.4, -0.2) is 17.8 Å². The van der Waals surface area contributed by atoms with Crippen molar-refractivity contribution in [2.24, 2.45) is 0 Å². The van der Waals surface area contributed by atoms with Crippen molar-refractivity contribution >= 4 is 79.7 Å². The van der Waals surface area contributed by atoms with Crippen molar-refractivity contribution in [2.75, 3.05) is 4.90 Å². The fraction of sp³-hybridized carbons (Fsp3) is 0.115. The molecule has 1 aliphatic rings. The number of ether oxygens (including phenoxy) is 1. The number of hydrogen-bond acceptors (Lipinski definition) is 4. The number of imide groups is 2. The van der Waals surface area contributed by atoms with Crippen LogP contribution in [0, 0.1) is 17.4 Å². The molecule has 4 amide bonds. The Kier molecular flexibility index (Phi) is 7.63. The maximum atomic E-state index is 13.2. The summed E-state index contributed by atoms with van der Waals surface area (Å²) in [6.07, 6.45) is 1.47. The Balaban J connectivity index is 1.61. The number of carbonyl (C=O) groups excluding carboxylic acids is 3. The molecule has 0 unspecified atom stereocenters. The Morgan fingerprint density at radius 3 is 2.40 bits per heavy atom. The highest BCUT2D eigenvalue weighted by molar-refractivity contribution is 14.1. The van der Waals surface area contributed by atoms with Gasteiger partial charge in [-0.2, -0.15) is 0 Å². The minimum absolute atomic E-state index is 0.139. The quantitative estimate of drug-likeness (QED) is 0.190. The van der Waals surface area contributed by atoms with E-state index < -0.39 is 17.8 Å². The summed E-state index contributed by atoms with van der Waals surface area (Å²) < 4.78 is 7.42. The maximum absolute atomic E-state index is 13.2. The molecule has 178 valence electrons. The van der Waals surface area contributed by atoms with Crippen LogP contribution >= 0.6 is 50.1 Å². The van der Waals surface area contributed by atoms with Gasteiger partial charge in [-0.3, -0.25) is 14.9 Å². The number of carbonyl (C=O) groups is 3. The van der Waals surface area contributed by atoms with Crippen LogP contribution in [0.15, 0.2) is 64.6 Å². The summed E-state index contributed by atoms with van der Waals surface area (Å²) >= 11 is 11.6. The first-order valence-corrected chi connectivity index (χ1v) is 12.7. The first-order chi connectivity index (χ1) is 16.6. The molecule has 1 aliphatic heterocycles. The molecule has 0 aliphatic carbocycles. The predicted molar refractivity (Wildman–Crippen MR) is 148 cm³/mol. The highest BCUT2D eigenvalue weighted by atomic mass is 127. The summed E-state index contributed by atoms with van der Waals surface area (Å²) in [6, 6.07) is 15.4. The largest absolute Gasteiger partial charge is 0.487 e. The fourth-order valence-electron chi connectivity index (χ4n) is 3.46. The summed E-state index contributed by atoms with van der Waals surface area (Å²) in [7, 11) is 0. The zero-order valence-electron chi connectivity index (χ0n) is 18.7. The van der Waals surface area contributed by atoms with Crippen molar-refractivity contribution in [1.29, 1.82) is 0 Å². The summed E-state index contributed by atoms with van der Waals surface area (Å²) in [5, 5.41) is 2.91. The molecule has 35 heavy (non-hydrogen) atoms. The number of amides is 4. The molecule has 0 atom stereocenters. The molecular weight excluding hydrogens is 647 g/mol. The third-order valence-corrected chi connectivity index (χ3v) is 7.12. The van der Waals surface area contributed by atoms with E-state index in [-0.39, 0.29) is 5.57 Å². The van der Waals surface area contributed by atoms with E-state index in [1.807, 2.05) is 32.0 Å². The minimum atomic E-state index is -0.776. The standard InChI is InChI=1S/C26H19BrClIN2O4/c1-14-3-8-19(9-15(14)2)31-25(33)20(24(32)30-26(31)34)10-17-11-21(27)23(22(29)12-17)35-13-16-4-6-18(28)7-5-16/h3-12H,13H2,1-2H3,(H,30,32,34)/b20-10+. The first-order valence-electron chi connectivity index (χ1n) is 10.5. The van der Waals surface area contributed by atoms with Gasteiger partial charge in [0, 0.05) is 5.02 Å². The molecule has 0 aromatic heterocycles. The van der Waals surface area contributed by atoms with E-state index in [0.29, 0.717) is 33.1 Å². The van der Waals surface area contributed by atoms with Gasteiger partial charge >= 0.3 is 6.03 Å². The second kappa shape index (κ2) is 10.5. The summed E-state index contributed by atoms with van der Waals surface area (Å²) in [4.78, 5) is 39.2. The van der Waals surface area contributed by atoms with Gasteiger partial charge in [-0.05, 0) is 117 Å². The number of hydrogen-bond donors (Lipinski definition) is 1. The maximum Gasteiger partial charge on any atom is 0.335 e. The molecule has 9 heteroatoms. The number of barbiturate groups is 1. The van der Waals surface area contributed by atoms with Crippen molar-refractivity contribution in [3.63, 3.8) is 0 Å². The van der Waals surface area contributed by atoms with Crippen LogP contribution in [0.4, 0.5) is 10.5 Å². The molecule has 0 saturated carbocycles. The Hall–Kier alpha value is -2.69. The average Bonchev–Trinajstić information content (AvgIpc) is 2.79. The number of nitrogens with zero attached hydrogens (tertiary/aromatic N) is 1. The van der Waals surface area contributed by atoms with Crippen molar-refractivity contribution in [2.45, 2.75) is 20.5 Å². The Morgan fingerprint density at radius 2 is 1.74 bits per heavy atom. The van der Waals surface area contributed by atoms with E-state index in [2.05, 4.69) is 43.8 Å². The second-order valence-corrected chi connectivity index (χ2v) is 10.4. The Bertz CT molecular complexity index is 1370. The van der Waals surface area contributed by atoms with Crippen LogP contribution < -0.4 is 15.0 Å². The summed E-state index contributed by atoms with van der Waals surface area (Å²) in [5.74, 6) is -0.792. The average molecular weight is 666 g/mol. The van der Waals surface area contributed by atoms with Crippen LogP contribution in [0.1, 0.15) is 22.3 Å². The lowest BCUT2D eigenvalue weighted by Gasteiger charge is -2.27. The topological polar surface area (TPSA) is 75.7 Å². The zero-order chi connectivity index (χ0) is 25.3. The van der Waals surface area contributed by atoms with E-state index in [0.717, 1.165) is 25.2 Å². The van der Waals surface area contributed by atoms with Gasteiger partial charge in [-0.1, -0.05) is 29.8 Å². The highest BCUT2D eigenvalue weighted by Crippen LogP contribution is 2.34. The number of urea groups is 1. The molecule has 6 nitrogen and oxygen atoms in total. The van der Waals surface area contributed by atoms with Crippen LogP contribution in [0.5, 0.6) is 5.75 Å². The monoisotopic (exact) mass is 664 g/mol. The van der Waals surface area contributed by atoms with E-state index in [9.17, 15) is 14.4 Å². The number of anilines is 1. The lowest BCUT2D eigenvalue weighted by atomic mass is 10.1. The van der Waals surface area contributed by atoms with Gasteiger partial charge in [-0.25, -0.2) is 9.69 Å². The third kappa shape index (κ3) is 5.60. The SMILES string of the molecule is Cc1ccc(N2C(=O)NC(=O)/C(=C\c3cc(Br)c(OCc4ccc(Cl)cc4)c(I)c3)C2=O)cc1C. The summed E-state index contributed by atoms with van der Waals surface area (Å²) in [6.45, 7) is 4.18. The van der Waals surface area contributed by atoms with E-state index in [1.54, 1.807) is 36.4 Å². The molecule has 3 aromatic carbocycles. The lowest BCUT2D eigenvalue weighted by Crippen LogP contribution is -2.54. The van der Waals surface area contributed by atoms with Crippen LogP contribution in [0.3, 0.4) is 0 Å². The third-order valence-electron chi connectivity index (χ3n) is 5.48. The number of benzene rings is 3. The van der Waals surface area contributed by atoms with Gasteiger partial charge in [0.05, 0.1) is 13.7 Å². The molecule has 1 saturated heterocycles. The number of aryl methyl sites for hydroxylation is 2. The fourth-order valence-corrected chi connectivity index (χ4v) is 5.35. The molecular formula is C26H19BrClIN2O4. The van der Waals surface area contributed by atoms with Crippen molar-refractivity contribution in [3.8, 4) is 5.75 Å². The van der Waals surface area contributed by atoms with Gasteiger partial charge in [-0.15, -0.1) is 0 Å². The Morgan fingerprint density at radius 1 is 1.03 bits per heavy atom. The molecule has 3 aromatic rings. The number of halogens is 3. The van der Waals surface area contributed by atoms with Crippen LogP contribution in [0.2, 0.25) is 5.02 Å². The van der Waals surface area contributed by atoms with Gasteiger partial charge in [0.2, 0.25) is 0 Å². The van der Waals surface area contributed by atoms with E-state index in [4.69, 9.17) is 16.3 Å². The smallest absolute Gasteiger partial charge is 0.335 e. The molecule has 0 spiro atoms. The van der Waals surface area contributed by atoms with Gasteiger partial charge in [0.25, 0.3) is 11.8 Å². The predicted octanol–water partition coefficient (Wildman–Crippen LogP) is 6.57. The second-order valence-electron chi connectivity index (χ2n) is 7.96. The zero-order valence-corrected chi connectivity index (χ0v) is 23.2. The van der Waals surface area contributed by atoms with Gasteiger partial charge in [0.15, 0.2) is 0 Å². The minimum Gasteiger partial charge on any atom is -0.487 e. The van der Waals surface area contributed by atoms with Crippen molar-refractivity contribution < 1.29 is 19.1 Å². The first kappa shape index (κ1) is 25.4. The molecule has 4 rings (SSSR count). The van der Waals surface area contributed by atoms with Crippen LogP contribution in [0.25, 0.3) is 6.08 Å². The molecule has 0 bridgehead atoms. The number of rotatable bonds is 5. The van der Waals surface area contributed by atoms with E-state index >= 15 is 0 Å². The van der Waals surface area contributed by atoms with Gasteiger partial charge in [0.1, 0.15) is 17.9 Å². The number of nitrogens with one attached hydrogen (secondary N) is 1. The molecule has 0 radical (unpaired) electrons. The van der Waals surface area contributed by atoms with Crippen molar-refractivity contribution in [1.82, 2.24) is 5.32 Å². The molecule has 1 heterocycles. The lowest BCUT2D eigenvalue weighted by molar-refractivity contribution is -0.122. The highest BCUT2D eigenvalue weighted by Gasteiger charge is 2.37. The van der Waals surface area contributed by atoms with E-state index in [1.165, 1.54) is 6.08 Å². The normalized spacial score (nSPS) is 14.9. The van der Waals surface area contributed by atoms with Gasteiger partial charge < -0.3 is 4.74 Å². The van der Waals surface area contributed by atoms with Crippen LogP contribution in [-0.2, 0) is 16.2 Å². The summed E-state index contributed by atoms with van der Waals surface area (Å²) in [5.41, 5.74) is 3.79. The molecule has 1 fully saturated rings. The van der Waals surface area contributed by atoms with Crippen molar-refractivity contribution in [3.05, 3.63) is 95.5 Å².